The molecule has 2 aliphatic carbocycles. The van der Waals surface area contributed by atoms with Gasteiger partial charge in [0.25, 0.3) is 0 Å². The summed E-state index contributed by atoms with van der Waals surface area (Å²) in [7, 11) is 2.25. The number of rotatable bonds is 5. The summed E-state index contributed by atoms with van der Waals surface area (Å²) in [5.74, 6) is 2.08. The Labute approximate surface area is 106 Å². The Morgan fingerprint density at radius 3 is 2.12 bits per heavy atom. The minimum atomic E-state index is 0.564. The molecule has 0 unspecified atom stereocenters. The highest BCUT2D eigenvalue weighted by Crippen LogP contribution is 2.45. The van der Waals surface area contributed by atoms with E-state index in [0.717, 1.165) is 17.9 Å². The first-order valence-corrected chi connectivity index (χ1v) is 7.58. The minimum absolute atomic E-state index is 0.564. The Bertz CT molecular complexity index is 248. The van der Waals surface area contributed by atoms with Gasteiger partial charge in [0.05, 0.1) is 0 Å². The predicted molar refractivity (Wildman–Crippen MR) is 72.1 cm³/mol. The number of hydrogen-bond acceptors (Lipinski definition) is 2. The van der Waals surface area contributed by atoms with Crippen molar-refractivity contribution in [3.63, 3.8) is 0 Å². The van der Waals surface area contributed by atoms with Crippen molar-refractivity contribution in [3.8, 4) is 0 Å². The lowest BCUT2D eigenvalue weighted by atomic mass is 9.80. The lowest BCUT2D eigenvalue weighted by Crippen LogP contribution is -2.45. The van der Waals surface area contributed by atoms with E-state index in [1.165, 1.54) is 58.2 Å². The molecule has 3 fully saturated rings. The van der Waals surface area contributed by atoms with Crippen LogP contribution in [0.5, 0.6) is 0 Å². The van der Waals surface area contributed by atoms with E-state index in [4.69, 9.17) is 0 Å². The molecule has 0 radical (unpaired) electrons. The SMILES string of the molecule is CN1CCC(C)(CNC(C2CC2)C2CC2)CC1. The first-order valence-electron chi connectivity index (χ1n) is 7.58. The second kappa shape index (κ2) is 4.55. The predicted octanol–water partition coefficient (Wildman–Crippen LogP) is 2.50. The van der Waals surface area contributed by atoms with Crippen LogP contribution in [0.25, 0.3) is 0 Å². The summed E-state index contributed by atoms with van der Waals surface area (Å²) in [6.45, 7) is 6.33. The smallest absolute Gasteiger partial charge is 0.0124 e. The zero-order valence-electron chi connectivity index (χ0n) is 11.5. The zero-order valence-corrected chi connectivity index (χ0v) is 11.5. The first kappa shape index (κ1) is 12.0. The van der Waals surface area contributed by atoms with Crippen LogP contribution in [0.15, 0.2) is 0 Å². The third-order valence-corrected chi connectivity index (χ3v) is 5.22. The zero-order chi connectivity index (χ0) is 11.9. The molecule has 0 bridgehead atoms. The summed E-state index contributed by atoms with van der Waals surface area (Å²) in [6.07, 6.45) is 8.72. The van der Waals surface area contributed by atoms with Gasteiger partial charge in [-0.3, -0.25) is 0 Å². The van der Waals surface area contributed by atoms with Crippen molar-refractivity contribution in [2.75, 3.05) is 26.7 Å². The summed E-state index contributed by atoms with van der Waals surface area (Å²) in [6, 6.07) is 0.881. The number of likely N-dealkylation sites (tertiary alicyclic amines) is 1. The average Bonchev–Trinajstić information content (AvgIpc) is 3.14. The number of piperidine rings is 1. The van der Waals surface area contributed by atoms with Gasteiger partial charge < -0.3 is 10.2 Å². The van der Waals surface area contributed by atoms with Gasteiger partial charge >= 0.3 is 0 Å². The molecule has 2 nitrogen and oxygen atoms in total. The van der Waals surface area contributed by atoms with Crippen LogP contribution in [0.4, 0.5) is 0 Å². The fraction of sp³-hybridized carbons (Fsp3) is 1.00. The Balaban J connectivity index is 1.48. The number of hydrogen-bond donors (Lipinski definition) is 1. The van der Waals surface area contributed by atoms with Crippen molar-refractivity contribution in [1.29, 1.82) is 0 Å². The highest BCUT2D eigenvalue weighted by Gasteiger charge is 2.42. The molecule has 0 aromatic heterocycles. The minimum Gasteiger partial charge on any atom is -0.313 e. The van der Waals surface area contributed by atoms with E-state index < -0.39 is 0 Å². The second-order valence-corrected chi connectivity index (χ2v) is 7.20. The maximum Gasteiger partial charge on any atom is 0.0124 e. The van der Waals surface area contributed by atoms with Crippen molar-refractivity contribution in [3.05, 3.63) is 0 Å². The van der Waals surface area contributed by atoms with Gasteiger partial charge in [-0.2, -0.15) is 0 Å². The maximum absolute atomic E-state index is 3.95. The lowest BCUT2D eigenvalue weighted by Gasteiger charge is -2.39. The molecule has 98 valence electrons. The third-order valence-electron chi connectivity index (χ3n) is 5.22. The molecule has 0 aromatic carbocycles. The monoisotopic (exact) mass is 236 g/mol. The highest BCUT2D eigenvalue weighted by molar-refractivity contribution is 4.97. The van der Waals surface area contributed by atoms with E-state index in [2.05, 4.69) is 24.2 Å². The van der Waals surface area contributed by atoms with E-state index in [0.29, 0.717) is 5.41 Å². The van der Waals surface area contributed by atoms with Crippen molar-refractivity contribution < 1.29 is 0 Å². The Hall–Kier alpha value is -0.0800. The standard InChI is InChI=1S/C15H28N2/c1-15(7-9-17(2)10-8-15)11-16-14(12-3-4-12)13-5-6-13/h12-14,16H,3-11H2,1-2H3. The fourth-order valence-electron chi connectivity index (χ4n) is 3.33. The normalized spacial score (nSPS) is 29.8. The molecule has 0 amide bonds. The van der Waals surface area contributed by atoms with E-state index in [1.807, 2.05) is 0 Å². The van der Waals surface area contributed by atoms with Crippen LogP contribution in [0.2, 0.25) is 0 Å². The van der Waals surface area contributed by atoms with Crippen LogP contribution in [0.3, 0.4) is 0 Å². The van der Waals surface area contributed by atoms with Gasteiger partial charge in [0, 0.05) is 12.6 Å². The molecule has 0 spiro atoms. The van der Waals surface area contributed by atoms with Crippen molar-refractivity contribution >= 4 is 0 Å². The van der Waals surface area contributed by atoms with Crippen LogP contribution < -0.4 is 5.32 Å². The molecule has 3 aliphatic rings. The van der Waals surface area contributed by atoms with Crippen LogP contribution in [-0.4, -0.2) is 37.6 Å². The molecule has 3 rings (SSSR count). The van der Waals surface area contributed by atoms with Crippen molar-refractivity contribution in [2.45, 2.75) is 51.5 Å². The van der Waals surface area contributed by atoms with E-state index in [9.17, 15) is 0 Å². The van der Waals surface area contributed by atoms with Gasteiger partial charge in [0.1, 0.15) is 0 Å². The molecule has 2 heteroatoms. The van der Waals surface area contributed by atoms with Gasteiger partial charge in [0.2, 0.25) is 0 Å². The molecular formula is C15H28N2. The summed E-state index contributed by atoms with van der Waals surface area (Å²) < 4.78 is 0. The van der Waals surface area contributed by atoms with Crippen LogP contribution in [0, 0.1) is 17.3 Å². The topological polar surface area (TPSA) is 15.3 Å². The Morgan fingerprint density at radius 2 is 1.65 bits per heavy atom. The summed E-state index contributed by atoms with van der Waals surface area (Å²) in [5.41, 5.74) is 0.564. The quantitative estimate of drug-likeness (QED) is 0.789. The lowest BCUT2D eigenvalue weighted by molar-refractivity contribution is 0.130. The van der Waals surface area contributed by atoms with Crippen LogP contribution in [0.1, 0.15) is 45.4 Å². The molecule has 0 aromatic rings. The van der Waals surface area contributed by atoms with Gasteiger partial charge in [-0.15, -0.1) is 0 Å². The first-order chi connectivity index (χ1) is 8.16. The second-order valence-electron chi connectivity index (χ2n) is 7.20. The van der Waals surface area contributed by atoms with E-state index >= 15 is 0 Å². The number of nitrogens with one attached hydrogen (secondary N) is 1. The third kappa shape index (κ3) is 3.03. The molecule has 1 N–H and O–H groups in total. The summed E-state index contributed by atoms with van der Waals surface area (Å²) >= 11 is 0. The van der Waals surface area contributed by atoms with Crippen LogP contribution >= 0.6 is 0 Å². The van der Waals surface area contributed by atoms with Crippen molar-refractivity contribution in [2.24, 2.45) is 17.3 Å². The molecule has 2 saturated carbocycles. The Kier molecular flexibility index (Phi) is 3.20. The Morgan fingerprint density at radius 1 is 1.12 bits per heavy atom. The molecule has 1 heterocycles. The summed E-state index contributed by atoms with van der Waals surface area (Å²) in [4.78, 5) is 2.47. The average molecular weight is 236 g/mol. The van der Waals surface area contributed by atoms with Gasteiger partial charge in [-0.25, -0.2) is 0 Å². The van der Waals surface area contributed by atoms with E-state index in [1.54, 1.807) is 0 Å². The van der Waals surface area contributed by atoms with Crippen LogP contribution in [-0.2, 0) is 0 Å². The molecule has 0 atom stereocenters. The van der Waals surface area contributed by atoms with Gasteiger partial charge in [-0.05, 0) is 75.9 Å². The maximum atomic E-state index is 3.95. The van der Waals surface area contributed by atoms with E-state index in [-0.39, 0.29) is 0 Å². The largest absolute Gasteiger partial charge is 0.313 e. The highest BCUT2D eigenvalue weighted by atomic mass is 15.1. The molecular weight excluding hydrogens is 208 g/mol. The van der Waals surface area contributed by atoms with Crippen molar-refractivity contribution in [1.82, 2.24) is 10.2 Å². The summed E-state index contributed by atoms with van der Waals surface area (Å²) in [5, 5.41) is 3.95. The van der Waals surface area contributed by atoms with Gasteiger partial charge in [-0.1, -0.05) is 6.92 Å². The number of nitrogens with zero attached hydrogens (tertiary/aromatic N) is 1. The van der Waals surface area contributed by atoms with Gasteiger partial charge in [0.15, 0.2) is 0 Å². The fourth-order valence-corrected chi connectivity index (χ4v) is 3.33. The molecule has 17 heavy (non-hydrogen) atoms. The molecule has 1 aliphatic heterocycles. The molecule has 1 saturated heterocycles.